The number of aryl methyl sites for hydroxylation is 1. The molecule has 0 bridgehead atoms. The summed E-state index contributed by atoms with van der Waals surface area (Å²) in [6.45, 7) is 1.93. The maximum absolute atomic E-state index is 9.02. The smallest absolute Gasteiger partial charge is 0.0717 e. The van der Waals surface area contributed by atoms with Crippen molar-refractivity contribution in [3.63, 3.8) is 0 Å². The number of hydrogen-bond acceptors (Lipinski definition) is 2. The molecule has 0 saturated carbocycles. The van der Waals surface area contributed by atoms with Crippen LogP contribution in [0.25, 0.3) is 10.9 Å². The van der Waals surface area contributed by atoms with Gasteiger partial charge in [-0.3, -0.25) is 4.98 Å². The Balaban J connectivity index is 2.79. The molecule has 14 heavy (non-hydrogen) atoms. The van der Waals surface area contributed by atoms with Gasteiger partial charge in [0.1, 0.15) is 0 Å². The highest BCUT2D eigenvalue weighted by atomic mass is 35.5. The zero-order valence-electron chi connectivity index (χ0n) is 7.79. The molecular weight excluding hydrogens is 198 g/mol. The summed E-state index contributed by atoms with van der Waals surface area (Å²) >= 11 is 6.11. The summed E-state index contributed by atoms with van der Waals surface area (Å²) in [6, 6.07) is 5.89. The molecule has 1 N–H and O–H groups in total. The molecule has 0 aliphatic heterocycles. The lowest BCUT2D eigenvalue weighted by Crippen LogP contribution is -1.89. The van der Waals surface area contributed by atoms with Crippen molar-refractivity contribution in [1.29, 1.82) is 0 Å². The Bertz CT molecular complexity index is 482. The molecule has 0 radical (unpaired) electrons. The van der Waals surface area contributed by atoms with E-state index in [0.29, 0.717) is 10.6 Å². The number of aliphatic hydroxyl groups excluding tert-OH is 1. The van der Waals surface area contributed by atoms with Gasteiger partial charge in [0.15, 0.2) is 0 Å². The second-order valence-electron chi connectivity index (χ2n) is 3.28. The van der Waals surface area contributed by atoms with Gasteiger partial charge in [-0.05, 0) is 19.1 Å². The first kappa shape index (κ1) is 9.44. The number of rotatable bonds is 1. The van der Waals surface area contributed by atoms with Crippen LogP contribution >= 0.6 is 11.6 Å². The van der Waals surface area contributed by atoms with E-state index in [1.54, 1.807) is 6.20 Å². The molecule has 0 fully saturated rings. The van der Waals surface area contributed by atoms with Gasteiger partial charge in [0, 0.05) is 17.1 Å². The third-order valence-corrected chi connectivity index (χ3v) is 2.65. The van der Waals surface area contributed by atoms with Crippen molar-refractivity contribution >= 4 is 22.5 Å². The van der Waals surface area contributed by atoms with Crippen LogP contribution in [-0.4, -0.2) is 10.1 Å². The van der Waals surface area contributed by atoms with Crippen molar-refractivity contribution in [2.24, 2.45) is 0 Å². The predicted octanol–water partition coefficient (Wildman–Crippen LogP) is 2.69. The highest BCUT2D eigenvalue weighted by Gasteiger charge is 2.05. The number of pyridine rings is 1. The van der Waals surface area contributed by atoms with E-state index in [4.69, 9.17) is 16.7 Å². The molecule has 3 heteroatoms. The summed E-state index contributed by atoms with van der Waals surface area (Å²) in [4.78, 5) is 4.21. The van der Waals surface area contributed by atoms with Crippen LogP contribution in [-0.2, 0) is 6.61 Å². The van der Waals surface area contributed by atoms with Crippen LogP contribution in [0.3, 0.4) is 0 Å². The highest BCUT2D eigenvalue weighted by molar-refractivity contribution is 6.36. The highest BCUT2D eigenvalue weighted by Crippen LogP contribution is 2.26. The Labute approximate surface area is 87.2 Å². The van der Waals surface area contributed by atoms with Crippen molar-refractivity contribution in [2.45, 2.75) is 13.5 Å². The molecule has 0 aliphatic rings. The summed E-state index contributed by atoms with van der Waals surface area (Å²) in [7, 11) is 0. The van der Waals surface area contributed by atoms with E-state index in [-0.39, 0.29) is 6.61 Å². The van der Waals surface area contributed by atoms with E-state index < -0.39 is 0 Å². The van der Waals surface area contributed by atoms with Crippen molar-refractivity contribution in [1.82, 2.24) is 4.98 Å². The molecule has 0 atom stereocenters. The Kier molecular flexibility index (Phi) is 2.40. The molecule has 0 amide bonds. The predicted molar refractivity (Wildman–Crippen MR) is 57.4 cm³/mol. The zero-order chi connectivity index (χ0) is 10.1. The molecule has 1 aromatic heterocycles. The lowest BCUT2D eigenvalue weighted by atomic mass is 10.1. The third kappa shape index (κ3) is 1.47. The topological polar surface area (TPSA) is 33.1 Å². The molecule has 0 aliphatic carbocycles. The van der Waals surface area contributed by atoms with Crippen molar-refractivity contribution in [3.05, 3.63) is 40.5 Å². The van der Waals surface area contributed by atoms with Gasteiger partial charge in [-0.2, -0.15) is 0 Å². The van der Waals surface area contributed by atoms with Crippen molar-refractivity contribution in [3.8, 4) is 0 Å². The van der Waals surface area contributed by atoms with Crippen LogP contribution in [0, 0.1) is 6.92 Å². The molecule has 1 aromatic carbocycles. The molecular formula is C11H10ClNO. The SMILES string of the molecule is Cc1ccc2ncc(CO)c(Cl)c2c1. The Morgan fingerprint density at radius 1 is 1.43 bits per heavy atom. The second kappa shape index (κ2) is 3.56. The third-order valence-electron chi connectivity index (χ3n) is 2.20. The monoisotopic (exact) mass is 207 g/mol. The second-order valence-corrected chi connectivity index (χ2v) is 3.65. The normalized spacial score (nSPS) is 10.8. The summed E-state index contributed by atoms with van der Waals surface area (Å²) in [5, 5.41) is 10.5. The van der Waals surface area contributed by atoms with Crippen LogP contribution in [0.5, 0.6) is 0 Å². The fraction of sp³-hybridized carbons (Fsp3) is 0.182. The molecule has 0 unspecified atom stereocenters. The van der Waals surface area contributed by atoms with Crippen LogP contribution < -0.4 is 0 Å². The van der Waals surface area contributed by atoms with Gasteiger partial charge in [0.2, 0.25) is 0 Å². The molecule has 1 heterocycles. The largest absolute Gasteiger partial charge is 0.392 e. The Hall–Kier alpha value is -1.12. The number of aliphatic hydroxyl groups is 1. The standard InChI is InChI=1S/C11H10ClNO/c1-7-2-3-10-9(4-7)11(12)8(6-14)5-13-10/h2-5,14H,6H2,1H3. The minimum atomic E-state index is -0.0737. The first-order valence-corrected chi connectivity index (χ1v) is 4.75. The molecule has 0 spiro atoms. The number of nitrogens with zero attached hydrogens (tertiary/aromatic N) is 1. The summed E-state index contributed by atoms with van der Waals surface area (Å²) < 4.78 is 0. The van der Waals surface area contributed by atoms with Gasteiger partial charge in [0.05, 0.1) is 17.1 Å². The van der Waals surface area contributed by atoms with E-state index >= 15 is 0 Å². The first-order valence-electron chi connectivity index (χ1n) is 4.37. The maximum Gasteiger partial charge on any atom is 0.0717 e. The van der Waals surface area contributed by atoms with E-state index in [9.17, 15) is 0 Å². The fourth-order valence-corrected chi connectivity index (χ4v) is 1.69. The Morgan fingerprint density at radius 2 is 2.21 bits per heavy atom. The van der Waals surface area contributed by atoms with E-state index in [0.717, 1.165) is 16.5 Å². The van der Waals surface area contributed by atoms with E-state index in [2.05, 4.69) is 4.98 Å². The molecule has 72 valence electrons. The number of hydrogen-bond donors (Lipinski definition) is 1. The number of aromatic nitrogens is 1. The fourth-order valence-electron chi connectivity index (χ4n) is 1.43. The van der Waals surface area contributed by atoms with Crippen LogP contribution in [0.2, 0.25) is 5.02 Å². The number of halogens is 1. The van der Waals surface area contributed by atoms with E-state index in [1.807, 2.05) is 25.1 Å². The van der Waals surface area contributed by atoms with Gasteiger partial charge in [-0.25, -0.2) is 0 Å². The van der Waals surface area contributed by atoms with Crippen molar-refractivity contribution < 1.29 is 5.11 Å². The summed E-state index contributed by atoms with van der Waals surface area (Å²) in [5.74, 6) is 0. The zero-order valence-corrected chi connectivity index (χ0v) is 8.54. The van der Waals surface area contributed by atoms with Crippen molar-refractivity contribution in [2.75, 3.05) is 0 Å². The lowest BCUT2D eigenvalue weighted by Gasteiger charge is -2.04. The lowest BCUT2D eigenvalue weighted by molar-refractivity contribution is 0.281. The molecule has 2 aromatic rings. The minimum Gasteiger partial charge on any atom is -0.392 e. The minimum absolute atomic E-state index is 0.0737. The summed E-state index contributed by atoms with van der Waals surface area (Å²) in [5.41, 5.74) is 2.67. The molecule has 2 rings (SSSR count). The quantitative estimate of drug-likeness (QED) is 0.780. The van der Waals surface area contributed by atoms with Crippen LogP contribution in [0.1, 0.15) is 11.1 Å². The summed E-state index contributed by atoms with van der Waals surface area (Å²) in [6.07, 6.45) is 1.61. The van der Waals surface area contributed by atoms with Crippen LogP contribution in [0.15, 0.2) is 24.4 Å². The molecule has 0 saturated heterocycles. The molecule has 2 nitrogen and oxygen atoms in total. The average Bonchev–Trinajstić information content (AvgIpc) is 2.20. The number of fused-ring (bicyclic) bond motifs is 1. The van der Waals surface area contributed by atoms with Gasteiger partial charge in [-0.15, -0.1) is 0 Å². The Morgan fingerprint density at radius 3 is 2.93 bits per heavy atom. The average molecular weight is 208 g/mol. The van der Waals surface area contributed by atoms with Gasteiger partial charge in [-0.1, -0.05) is 23.2 Å². The number of benzene rings is 1. The van der Waals surface area contributed by atoms with Gasteiger partial charge < -0.3 is 5.11 Å². The first-order chi connectivity index (χ1) is 6.72. The maximum atomic E-state index is 9.02. The van der Waals surface area contributed by atoms with Gasteiger partial charge in [0.25, 0.3) is 0 Å². The van der Waals surface area contributed by atoms with E-state index in [1.165, 1.54) is 0 Å². The van der Waals surface area contributed by atoms with Gasteiger partial charge >= 0.3 is 0 Å². The van der Waals surface area contributed by atoms with Crippen LogP contribution in [0.4, 0.5) is 0 Å².